The largest absolute Gasteiger partial charge is 0.486 e. The molecule has 4 nitrogen and oxygen atoms in total. The van der Waals surface area contributed by atoms with Crippen LogP contribution in [0.1, 0.15) is 52.5 Å². The maximum atomic E-state index is 12.9. The number of carbonyl (C=O) groups excluding carboxylic acids is 1. The number of rotatable bonds is 4. The maximum absolute atomic E-state index is 12.9. The van der Waals surface area contributed by atoms with Crippen LogP contribution in [-0.4, -0.2) is 28.9 Å². The molecule has 134 valence electrons. The van der Waals surface area contributed by atoms with Crippen molar-refractivity contribution in [3.05, 3.63) is 45.7 Å². The number of ether oxygens (including phenoxy) is 1. The maximum Gasteiger partial charge on any atom is 0.265 e. The van der Waals surface area contributed by atoms with Gasteiger partial charge in [0.15, 0.2) is 0 Å². The lowest BCUT2D eigenvalue weighted by molar-refractivity contribution is 0.0746. The van der Waals surface area contributed by atoms with Gasteiger partial charge in [-0.3, -0.25) is 4.79 Å². The van der Waals surface area contributed by atoms with Gasteiger partial charge in [-0.05, 0) is 44.0 Å². The fourth-order valence-corrected chi connectivity index (χ4v) is 3.93. The number of hydrogen-bond donors (Lipinski definition) is 0. The second-order valence-electron chi connectivity index (χ2n) is 6.32. The van der Waals surface area contributed by atoms with E-state index < -0.39 is 0 Å². The molecule has 1 fully saturated rings. The summed E-state index contributed by atoms with van der Waals surface area (Å²) in [5.41, 5.74) is 0.759. The minimum atomic E-state index is -0.293. The Labute approximate surface area is 151 Å². The van der Waals surface area contributed by atoms with Crippen molar-refractivity contribution in [3.8, 4) is 5.75 Å². The molecule has 1 aliphatic heterocycles. The Morgan fingerprint density at radius 3 is 2.48 bits per heavy atom. The number of halogens is 1. The average molecular weight is 362 g/mol. The lowest BCUT2D eigenvalue weighted by Gasteiger charge is -2.24. The van der Waals surface area contributed by atoms with Gasteiger partial charge in [-0.15, -0.1) is 11.3 Å². The van der Waals surface area contributed by atoms with Crippen LogP contribution in [0.2, 0.25) is 0 Å². The molecule has 0 unspecified atom stereocenters. The van der Waals surface area contributed by atoms with Crippen molar-refractivity contribution in [2.24, 2.45) is 0 Å². The van der Waals surface area contributed by atoms with E-state index in [0.29, 0.717) is 10.6 Å². The number of aromatic nitrogens is 1. The highest BCUT2D eigenvalue weighted by atomic mass is 32.1. The second-order valence-corrected chi connectivity index (χ2v) is 7.41. The Kier molecular flexibility index (Phi) is 6.02. The number of carbonyl (C=O) groups is 1. The quantitative estimate of drug-likeness (QED) is 0.800. The molecule has 25 heavy (non-hydrogen) atoms. The third-order valence-electron chi connectivity index (χ3n) is 4.35. The monoisotopic (exact) mass is 362 g/mol. The zero-order chi connectivity index (χ0) is 17.6. The fraction of sp³-hybridized carbons (Fsp3) is 0.474. The summed E-state index contributed by atoms with van der Waals surface area (Å²) in [6, 6.07) is 5.89. The number of hydrogen-bond acceptors (Lipinski definition) is 4. The summed E-state index contributed by atoms with van der Waals surface area (Å²) in [4.78, 5) is 20.0. The Morgan fingerprint density at radius 1 is 1.16 bits per heavy atom. The average Bonchev–Trinajstić information content (AvgIpc) is 2.94. The van der Waals surface area contributed by atoms with Crippen molar-refractivity contribution in [3.63, 3.8) is 0 Å². The van der Waals surface area contributed by atoms with Crippen LogP contribution in [0.15, 0.2) is 24.3 Å². The molecule has 1 amide bonds. The molecule has 0 aliphatic carbocycles. The molecule has 1 aromatic carbocycles. The zero-order valence-corrected chi connectivity index (χ0v) is 15.3. The number of likely N-dealkylation sites (tertiary alicyclic amines) is 1. The molecular weight excluding hydrogens is 339 g/mol. The number of benzene rings is 1. The van der Waals surface area contributed by atoms with E-state index in [4.69, 9.17) is 4.74 Å². The van der Waals surface area contributed by atoms with Crippen LogP contribution >= 0.6 is 11.3 Å². The van der Waals surface area contributed by atoms with Crippen LogP contribution in [0.25, 0.3) is 0 Å². The molecular formula is C19H23FN2O2S. The summed E-state index contributed by atoms with van der Waals surface area (Å²) in [5, 5.41) is 0.761. The lowest BCUT2D eigenvalue weighted by atomic mass is 10.1. The molecule has 1 aliphatic rings. The fourth-order valence-electron chi connectivity index (χ4n) is 2.98. The van der Waals surface area contributed by atoms with Crippen molar-refractivity contribution in [2.75, 3.05) is 13.1 Å². The normalized spacial score (nSPS) is 15.5. The molecule has 0 saturated carbocycles. The van der Waals surface area contributed by atoms with E-state index in [1.165, 1.54) is 42.7 Å². The van der Waals surface area contributed by atoms with Crippen molar-refractivity contribution in [2.45, 2.75) is 45.6 Å². The number of amides is 1. The van der Waals surface area contributed by atoms with Gasteiger partial charge in [0.2, 0.25) is 0 Å². The zero-order valence-electron chi connectivity index (χ0n) is 14.5. The molecule has 2 aromatic rings. The summed E-state index contributed by atoms with van der Waals surface area (Å²) in [7, 11) is 0. The summed E-state index contributed by atoms with van der Waals surface area (Å²) >= 11 is 1.39. The molecule has 2 heterocycles. The summed E-state index contributed by atoms with van der Waals surface area (Å²) in [6.45, 7) is 3.81. The van der Waals surface area contributed by atoms with Gasteiger partial charge in [0.25, 0.3) is 5.91 Å². The van der Waals surface area contributed by atoms with E-state index in [0.717, 1.165) is 36.6 Å². The first-order chi connectivity index (χ1) is 12.1. The second kappa shape index (κ2) is 8.43. The van der Waals surface area contributed by atoms with Gasteiger partial charge in [-0.2, -0.15) is 0 Å². The van der Waals surface area contributed by atoms with E-state index in [-0.39, 0.29) is 18.3 Å². The topological polar surface area (TPSA) is 42.4 Å². The van der Waals surface area contributed by atoms with Crippen LogP contribution in [0.3, 0.4) is 0 Å². The van der Waals surface area contributed by atoms with Gasteiger partial charge < -0.3 is 9.64 Å². The molecule has 0 atom stereocenters. The Hall–Kier alpha value is -1.95. The van der Waals surface area contributed by atoms with Gasteiger partial charge in [-0.1, -0.05) is 19.3 Å². The highest BCUT2D eigenvalue weighted by Gasteiger charge is 2.22. The van der Waals surface area contributed by atoms with E-state index in [1.807, 2.05) is 11.8 Å². The van der Waals surface area contributed by atoms with Crippen LogP contribution in [0.4, 0.5) is 4.39 Å². The molecule has 0 spiro atoms. The van der Waals surface area contributed by atoms with E-state index >= 15 is 0 Å². The van der Waals surface area contributed by atoms with Crippen LogP contribution in [0.5, 0.6) is 5.75 Å². The van der Waals surface area contributed by atoms with Gasteiger partial charge in [0, 0.05) is 13.1 Å². The van der Waals surface area contributed by atoms with Gasteiger partial charge >= 0.3 is 0 Å². The minimum absolute atomic E-state index is 0.0879. The molecule has 0 bridgehead atoms. The third kappa shape index (κ3) is 4.78. The summed E-state index contributed by atoms with van der Waals surface area (Å²) in [6.07, 6.45) is 5.81. The third-order valence-corrected chi connectivity index (χ3v) is 5.47. The molecule has 0 radical (unpaired) electrons. The summed E-state index contributed by atoms with van der Waals surface area (Å²) < 4.78 is 18.6. The predicted molar refractivity (Wildman–Crippen MR) is 96.6 cm³/mol. The highest BCUT2D eigenvalue weighted by molar-refractivity contribution is 7.13. The van der Waals surface area contributed by atoms with Crippen LogP contribution in [-0.2, 0) is 6.61 Å². The lowest BCUT2D eigenvalue weighted by Crippen LogP contribution is -2.33. The van der Waals surface area contributed by atoms with Crippen LogP contribution < -0.4 is 4.74 Å². The molecule has 0 N–H and O–H groups in total. The van der Waals surface area contributed by atoms with E-state index in [9.17, 15) is 9.18 Å². The Morgan fingerprint density at radius 2 is 1.80 bits per heavy atom. The van der Waals surface area contributed by atoms with Gasteiger partial charge in [-0.25, -0.2) is 9.37 Å². The van der Waals surface area contributed by atoms with Crippen molar-refractivity contribution in [1.29, 1.82) is 0 Å². The van der Waals surface area contributed by atoms with Gasteiger partial charge in [0.05, 0.1) is 5.69 Å². The first-order valence-corrected chi connectivity index (χ1v) is 9.59. The van der Waals surface area contributed by atoms with Crippen molar-refractivity contribution >= 4 is 17.2 Å². The first-order valence-electron chi connectivity index (χ1n) is 8.77. The number of thiazole rings is 1. The number of aryl methyl sites for hydroxylation is 1. The number of nitrogens with zero attached hydrogens (tertiary/aromatic N) is 2. The summed E-state index contributed by atoms with van der Waals surface area (Å²) in [5.74, 6) is 0.384. The van der Waals surface area contributed by atoms with Crippen LogP contribution in [0, 0.1) is 12.7 Å². The van der Waals surface area contributed by atoms with E-state index in [2.05, 4.69) is 4.98 Å². The smallest absolute Gasteiger partial charge is 0.265 e. The van der Waals surface area contributed by atoms with Gasteiger partial charge in [0.1, 0.15) is 28.1 Å². The SMILES string of the molecule is Cc1nc(COc2ccc(F)cc2)sc1C(=O)N1CCCCCCC1. The van der Waals surface area contributed by atoms with E-state index in [1.54, 1.807) is 12.1 Å². The molecule has 3 rings (SSSR count). The Bertz CT molecular complexity index is 707. The molecule has 1 aromatic heterocycles. The standard InChI is InChI=1S/C19H23FN2O2S/c1-14-18(19(23)22-11-5-3-2-4-6-12-22)25-17(21-14)13-24-16-9-7-15(20)8-10-16/h7-10H,2-6,11-13H2,1H3. The highest BCUT2D eigenvalue weighted by Crippen LogP contribution is 2.23. The van der Waals surface area contributed by atoms with Crippen molar-refractivity contribution < 1.29 is 13.9 Å². The molecule has 1 saturated heterocycles. The minimum Gasteiger partial charge on any atom is -0.486 e. The van der Waals surface area contributed by atoms with Crippen molar-refractivity contribution in [1.82, 2.24) is 9.88 Å². The molecule has 6 heteroatoms. The predicted octanol–water partition coefficient (Wildman–Crippen LogP) is 4.58. The first kappa shape index (κ1) is 17.9. The Balaban J connectivity index is 1.64.